The molecule has 2 aliphatic rings. The zero-order chi connectivity index (χ0) is 17.6. The van der Waals surface area contributed by atoms with Gasteiger partial charge in [-0.05, 0) is 38.2 Å². The lowest BCUT2D eigenvalue weighted by Gasteiger charge is -2.33. The zero-order valence-corrected chi connectivity index (χ0v) is 15.3. The third kappa shape index (κ3) is 5.07. The summed E-state index contributed by atoms with van der Waals surface area (Å²) in [6.45, 7) is 3.45. The fourth-order valence-corrected chi connectivity index (χ4v) is 4.07. The Bertz CT molecular complexity index is 600. The highest BCUT2D eigenvalue weighted by atomic mass is 16.2. The molecule has 1 N–H and O–H groups in total. The first-order valence-corrected chi connectivity index (χ1v) is 9.75. The van der Waals surface area contributed by atoms with Crippen LogP contribution in [0.15, 0.2) is 24.3 Å². The summed E-state index contributed by atoms with van der Waals surface area (Å²) in [5.41, 5.74) is 2.26. The van der Waals surface area contributed by atoms with E-state index in [0.29, 0.717) is 25.6 Å². The Morgan fingerprint density at radius 3 is 2.48 bits per heavy atom. The van der Waals surface area contributed by atoms with Crippen LogP contribution in [-0.2, 0) is 16.0 Å². The predicted octanol–water partition coefficient (Wildman–Crippen LogP) is 3.23. The smallest absolute Gasteiger partial charge is 0.226 e. The molecule has 0 unspecified atom stereocenters. The van der Waals surface area contributed by atoms with E-state index in [2.05, 4.69) is 11.4 Å². The third-order valence-corrected chi connectivity index (χ3v) is 5.61. The van der Waals surface area contributed by atoms with Crippen molar-refractivity contribution < 1.29 is 9.59 Å². The fourth-order valence-electron chi connectivity index (χ4n) is 4.07. The SMILES string of the molecule is Cc1cccc(CC(=O)N2CCC(C(=O)NC3CCCCC3)CC2)c1. The van der Waals surface area contributed by atoms with Gasteiger partial charge < -0.3 is 10.2 Å². The molecule has 1 aliphatic heterocycles. The van der Waals surface area contributed by atoms with Crippen molar-refractivity contribution in [3.8, 4) is 0 Å². The van der Waals surface area contributed by atoms with Gasteiger partial charge in [0.25, 0.3) is 0 Å². The van der Waals surface area contributed by atoms with Crippen molar-refractivity contribution in [2.24, 2.45) is 5.92 Å². The van der Waals surface area contributed by atoms with Gasteiger partial charge in [0.15, 0.2) is 0 Å². The molecule has 2 fully saturated rings. The van der Waals surface area contributed by atoms with Crippen LogP contribution in [0.5, 0.6) is 0 Å². The van der Waals surface area contributed by atoms with Crippen LogP contribution in [-0.4, -0.2) is 35.8 Å². The van der Waals surface area contributed by atoms with Gasteiger partial charge in [0.1, 0.15) is 0 Å². The molecule has 1 saturated carbocycles. The molecule has 4 nitrogen and oxygen atoms in total. The lowest BCUT2D eigenvalue weighted by Crippen LogP contribution is -2.46. The molecule has 0 bridgehead atoms. The first-order chi connectivity index (χ1) is 12.1. The van der Waals surface area contributed by atoms with Crippen LogP contribution in [0.4, 0.5) is 0 Å². The number of nitrogens with one attached hydrogen (secondary N) is 1. The minimum Gasteiger partial charge on any atom is -0.353 e. The van der Waals surface area contributed by atoms with Gasteiger partial charge in [-0.3, -0.25) is 9.59 Å². The van der Waals surface area contributed by atoms with Gasteiger partial charge >= 0.3 is 0 Å². The van der Waals surface area contributed by atoms with Crippen molar-refractivity contribution in [2.45, 2.75) is 64.3 Å². The number of aryl methyl sites for hydroxylation is 1. The molecular formula is C21H30N2O2. The van der Waals surface area contributed by atoms with Crippen molar-refractivity contribution in [1.29, 1.82) is 0 Å². The minimum absolute atomic E-state index is 0.0740. The molecule has 4 heteroatoms. The van der Waals surface area contributed by atoms with Crippen LogP contribution in [0.2, 0.25) is 0 Å². The maximum atomic E-state index is 12.5. The maximum Gasteiger partial charge on any atom is 0.226 e. The Morgan fingerprint density at radius 1 is 1.08 bits per heavy atom. The molecule has 1 aliphatic carbocycles. The Kier molecular flexibility index (Phi) is 6.11. The van der Waals surface area contributed by atoms with E-state index < -0.39 is 0 Å². The molecule has 0 atom stereocenters. The quantitative estimate of drug-likeness (QED) is 0.913. The number of likely N-dealkylation sites (tertiary alicyclic amines) is 1. The summed E-state index contributed by atoms with van der Waals surface area (Å²) >= 11 is 0. The van der Waals surface area contributed by atoms with Crippen molar-refractivity contribution in [1.82, 2.24) is 10.2 Å². The second-order valence-corrected chi connectivity index (χ2v) is 7.66. The van der Waals surface area contributed by atoms with Gasteiger partial charge in [0.05, 0.1) is 6.42 Å². The molecule has 2 amide bonds. The highest BCUT2D eigenvalue weighted by Gasteiger charge is 2.28. The number of amides is 2. The molecule has 0 aromatic heterocycles. The van der Waals surface area contributed by atoms with Gasteiger partial charge in [0.2, 0.25) is 11.8 Å². The average Bonchev–Trinajstić information content (AvgIpc) is 2.62. The molecule has 1 heterocycles. The zero-order valence-electron chi connectivity index (χ0n) is 15.3. The summed E-state index contributed by atoms with van der Waals surface area (Å²) in [4.78, 5) is 26.9. The molecule has 3 rings (SSSR count). The molecule has 25 heavy (non-hydrogen) atoms. The summed E-state index contributed by atoms with van der Waals surface area (Å²) in [6, 6.07) is 8.50. The number of piperidine rings is 1. The molecular weight excluding hydrogens is 312 g/mol. The summed E-state index contributed by atoms with van der Waals surface area (Å²) in [6.07, 6.45) is 8.05. The van der Waals surface area contributed by atoms with E-state index >= 15 is 0 Å². The molecule has 1 aromatic rings. The second-order valence-electron chi connectivity index (χ2n) is 7.66. The number of nitrogens with zero attached hydrogens (tertiary/aromatic N) is 1. The van der Waals surface area contributed by atoms with Gasteiger partial charge in [-0.25, -0.2) is 0 Å². The van der Waals surface area contributed by atoms with Crippen molar-refractivity contribution in [3.05, 3.63) is 35.4 Å². The number of hydrogen-bond donors (Lipinski definition) is 1. The number of carbonyl (C=O) groups excluding carboxylic acids is 2. The molecule has 0 radical (unpaired) electrons. The van der Waals surface area contributed by atoms with Gasteiger partial charge in [-0.15, -0.1) is 0 Å². The number of rotatable bonds is 4. The molecule has 1 saturated heterocycles. The van der Waals surface area contributed by atoms with Crippen LogP contribution >= 0.6 is 0 Å². The predicted molar refractivity (Wildman–Crippen MR) is 99.2 cm³/mol. The Hall–Kier alpha value is -1.84. The average molecular weight is 342 g/mol. The van der Waals surface area contributed by atoms with Crippen molar-refractivity contribution in [3.63, 3.8) is 0 Å². The topological polar surface area (TPSA) is 49.4 Å². The fraction of sp³-hybridized carbons (Fsp3) is 0.619. The Balaban J connectivity index is 1.44. The molecule has 1 aromatic carbocycles. The highest BCUT2D eigenvalue weighted by Crippen LogP contribution is 2.21. The standard InChI is InChI=1S/C21H30N2O2/c1-16-6-5-7-17(14-16)15-20(24)23-12-10-18(11-13-23)21(25)22-19-8-3-2-4-9-19/h5-7,14,18-19H,2-4,8-13,15H2,1H3,(H,22,25). The minimum atomic E-state index is 0.0740. The van der Waals surface area contributed by atoms with Gasteiger partial charge in [-0.1, -0.05) is 49.1 Å². The number of hydrogen-bond acceptors (Lipinski definition) is 2. The van der Waals surface area contributed by atoms with E-state index in [1.54, 1.807) is 0 Å². The van der Waals surface area contributed by atoms with Gasteiger partial charge in [-0.2, -0.15) is 0 Å². The van der Waals surface area contributed by atoms with Crippen LogP contribution in [0.1, 0.15) is 56.1 Å². The van der Waals surface area contributed by atoms with Crippen molar-refractivity contribution >= 4 is 11.8 Å². The van der Waals surface area contributed by atoms with E-state index in [0.717, 1.165) is 31.2 Å². The van der Waals surface area contributed by atoms with E-state index in [1.165, 1.54) is 24.8 Å². The summed E-state index contributed by atoms with van der Waals surface area (Å²) in [5.74, 6) is 0.458. The lowest BCUT2D eigenvalue weighted by molar-refractivity contribution is -0.135. The van der Waals surface area contributed by atoms with Crippen LogP contribution in [0.3, 0.4) is 0 Å². The Morgan fingerprint density at radius 2 is 1.80 bits per heavy atom. The highest BCUT2D eigenvalue weighted by molar-refractivity contribution is 5.81. The van der Waals surface area contributed by atoms with Crippen LogP contribution in [0.25, 0.3) is 0 Å². The van der Waals surface area contributed by atoms with Crippen LogP contribution in [0, 0.1) is 12.8 Å². The van der Waals surface area contributed by atoms with E-state index in [4.69, 9.17) is 0 Å². The summed E-state index contributed by atoms with van der Waals surface area (Å²) in [5, 5.41) is 3.24. The maximum absolute atomic E-state index is 12.5. The molecule has 136 valence electrons. The first-order valence-electron chi connectivity index (χ1n) is 9.75. The molecule has 0 spiro atoms. The normalized spacial score (nSPS) is 19.6. The Labute approximate surface area is 151 Å². The second kappa shape index (κ2) is 8.50. The summed E-state index contributed by atoms with van der Waals surface area (Å²) in [7, 11) is 0. The number of carbonyl (C=O) groups is 2. The summed E-state index contributed by atoms with van der Waals surface area (Å²) < 4.78 is 0. The lowest BCUT2D eigenvalue weighted by atomic mass is 9.92. The third-order valence-electron chi connectivity index (χ3n) is 5.61. The van der Waals surface area contributed by atoms with E-state index in [9.17, 15) is 9.59 Å². The van der Waals surface area contributed by atoms with E-state index in [-0.39, 0.29) is 17.7 Å². The monoisotopic (exact) mass is 342 g/mol. The van der Waals surface area contributed by atoms with Gasteiger partial charge in [0, 0.05) is 25.0 Å². The van der Waals surface area contributed by atoms with Crippen LogP contribution < -0.4 is 5.32 Å². The van der Waals surface area contributed by atoms with E-state index in [1.807, 2.05) is 30.0 Å². The first kappa shape index (κ1) is 18.0. The van der Waals surface area contributed by atoms with Crippen molar-refractivity contribution in [2.75, 3.05) is 13.1 Å². The largest absolute Gasteiger partial charge is 0.353 e. The number of benzene rings is 1.